The van der Waals surface area contributed by atoms with Crippen molar-refractivity contribution in [2.24, 2.45) is 11.1 Å². The predicted molar refractivity (Wildman–Crippen MR) is 158 cm³/mol. The number of imidazole rings is 1. The SMILES string of the molecule is CC(C)(C)CC(=O)N1CCC(Nc2nc(NC3CCC(N)CC3)nc3c2ncn3C2CCCC2)CC1.Cl.Cl. The number of carbonyl (C=O) groups is 1. The van der Waals surface area contributed by atoms with E-state index in [1.807, 2.05) is 11.2 Å². The van der Waals surface area contributed by atoms with Gasteiger partial charge in [-0.15, -0.1) is 24.8 Å². The number of hydrogen-bond donors (Lipinski definition) is 3. The van der Waals surface area contributed by atoms with E-state index >= 15 is 0 Å². The van der Waals surface area contributed by atoms with E-state index in [1.165, 1.54) is 25.7 Å². The lowest BCUT2D eigenvalue weighted by atomic mass is 9.91. The second-order valence-electron chi connectivity index (χ2n) is 12.5. The summed E-state index contributed by atoms with van der Waals surface area (Å²) in [5.41, 5.74) is 7.91. The molecule has 0 unspecified atom stereocenters. The minimum atomic E-state index is 0. The molecule has 1 amide bonds. The van der Waals surface area contributed by atoms with Gasteiger partial charge in [0.2, 0.25) is 11.9 Å². The highest BCUT2D eigenvalue weighted by atomic mass is 35.5. The first kappa shape index (κ1) is 30.7. The molecule has 2 saturated carbocycles. The van der Waals surface area contributed by atoms with Gasteiger partial charge >= 0.3 is 0 Å². The molecule has 11 heteroatoms. The Balaban J connectivity index is 0.00000200. The van der Waals surface area contributed by atoms with Crippen molar-refractivity contribution in [1.82, 2.24) is 24.4 Å². The van der Waals surface area contributed by atoms with Gasteiger partial charge in [0, 0.05) is 43.7 Å². The zero-order valence-corrected chi connectivity index (χ0v) is 24.8. The van der Waals surface area contributed by atoms with E-state index in [4.69, 9.17) is 20.7 Å². The van der Waals surface area contributed by atoms with E-state index in [9.17, 15) is 4.79 Å². The number of halogens is 2. The highest BCUT2D eigenvalue weighted by Gasteiger charge is 2.28. The van der Waals surface area contributed by atoms with Crippen LogP contribution in [-0.4, -0.2) is 61.5 Å². The molecule has 4 N–H and O–H groups in total. The number of piperidine rings is 1. The Bertz CT molecular complexity index is 1050. The fraction of sp³-hybridized carbons (Fsp3) is 0.778. The number of nitrogens with two attached hydrogens (primary N) is 1. The van der Waals surface area contributed by atoms with Crippen LogP contribution in [0.3, 0.4) is 0 Å². The summed E-state index contributed by atoms with van der Waals surface area (Å²) in [5, 5.41) is 7.31. The Morgan fingerprint density at radius 2 is 1.58 bits per heavy atom. The van der Waals surface area contributed by atoms with E-state index in [0.717, 1.165) is 68.6 Å². The predicted octanol–water partition coefficient (Wildman–Crippen LogP) is 5.31. The van der Waals surface area contributed by atoms with Gasteiger partial charge in [0.25, 0.3) is 0 Å². The maximum absolute atomic E-state index is 12.7. The smallest absolute Gasteiger partial charge is 0.227 e. The highest BCUT2D eigenvalue weighted by Crippen LogP contribution is 2.34. The molecule has 1 saturated heterocycles. The molecule has 2 aromatic heterocycles. The molecule has 1 aliphatic heterocycles. The molecular formula is C27H46Cl2N8O. The number of anilines is 2. The average Bonchev–Trinajstić information content (AvgIpc) is 3.50. The van der Waals surface area contributed by atoms with E-state index in [1.54, 1.807) is 0 Å². The minimum Gasteiger partial charge on any atom is -0.365 e. The first-order chi connectivity index (χ1) is 17.2. The second-order valence-corrected chi connectivity index (χ2v) is 12.5. The van der Waals surface area contributed by atoms with Crippen molar-refractivity contribution in [3.05, 3.63) is 6.33 Å². The summed E-state index contributed by atoms with van der Waals surface area (Å²) in [7, 11) is 0. The Hall–Kier alpha value is -1.84. The van der Waals surface area contributed by atoms with Crippen LogP contribution in [0, 0.1) is 5.41 Å². The van der Waals surface area contributed by atoms with Crippen LogP contribution < -0.4 is 16.4 Å². The molecule has 0 spiro atoms. The normalized spacial score (nSPS) is 23.1. The number of rotatable bonds is 6. The number of likely N-dealkylation sites (tertiary alicyclic amines) is 1. The van der Waals surface area contributed by atoms with E-state index < -0.39 is 0 Å². The lowest BCUT2D eigenvalue weighted by molar-refractivity contribution is -0.134. The van der Waals surface area contributed by atoms with Crippen molar-refractivity contribution < 1.29 is 4.79 Å². The van der Waals surface area contributed by atoms with E-state index in [0.29, 0.717) is 30.5 Å². The summed E-state index contributed by atoms with van der Waals surface area (Å²) in [4.78, 5) is 29.4. The number of aromatic nitrogens is 4. The summed E-state index contributed by atoms with van der Waals surface area (Å²) in [6.07, 6.45) is 13.4. The number of nitrogens with one attached hydrogen (secondary N) is 2. The molecule has 9 nitrogen and oxygen atoms in total. The number of amides is 1. The number of hydrogen-bond acceptors (Lipinski definition) is 7. The summed E-state index contributed by atoms with van der Waals surface area (Å²) >= 11 is 0. The minimum absolute atomic E-state index is 0. The summed E-state index contributed by atoms with van der Waals surface area (Å²) in [6.45, 7) is 7.93. The van der Waals surface area contributed by atoms with Crippen LogP contribution in [0.4, 0.5) is 11.8 Å². The Labute approximate surface area is 239 Å². The second kappa shape index (κ2) is 13.0. The summed E-state index contributed by atoms with van der Waals surface area (Å²) in [6, 6.07) is 1.40. The lowest BCUT2D eigenvalue weighted by Gasteiger charge is -2.34. The topological polar surface area (TPSA) is 114 Å². The molecule has 2 aliphatic carbocycles. The third kappa shape index (κ3) is 7.42. The molecule has 2 aromatic rings. The third-order valence-corrected chi connectivity index (χ3v) is 8.11. The Morgan fingerprint density at radius 1 is 0.947 bits per heavy atom. The molecule has 0 aromatic carbocycles. The molecule has 38 heavy (non-hydrogen) atoms. The summed E-state index contributed by atoms with van der Waals surface area (Å²) in [5.74, 6) is 1.76. The highest BCUT2D eigenvalue weighted by molar-refractivity contribution is 5.86. The number of fused-ring (bicyclic) bond motifs is 1. The monoisotopic (exact) mass is 568 g/mol. The van der Waals surface area contributed by atoms with Gasteiger partial charge in [-0.1, -0.05) is 33.6 Å². The maximum Gasteiger partial charge on any atom is 0.227 e. The van der Waals surface area contributed by atoms with E-state index in [2.05, 4.69) is 36.0 Å². The summed E-state index contributed by atoms with van der Waals surface area (Å²) < 4.78 is 2.27. The molecule has 5 rings (SSSR count). The first-order valence-corrected chi connectivity index (χ1v) is 14.1. The van der Waals surface area contributed by atoms with Crippen LogP contribution >= 0.6 is 24.8 Å². The Kier molecular flexibility index (Phi) is 10.5. The molecule has 3 fully saturated rings. The van der Waals surface area contributed by atoms with Gasteiger partial charge in [-0.2, -0.15) is 9.97 Å². The van der Waals surface area contributed by atoms with Crippen LogP contribution in [0.25, 0.3) is 11.2 Å². The van der Waals surface area contributed by atoms with E-state index in [-0.39, 0.29) is 42.2 Å². The first-order valence-electron chi connectivity index (χ1n) is 14.1. The van der Waals surface area contributed by atoms with Crippen LogP contribution in [0.15, 0.2) is 6.33 Å². The molecule has 0 atom stereocenters. The molecule has 214 valence electrons. The fourth-order valence-electron chi connectivity index (χ4n) is 6.01. The van der Waals surface area contributed by atoms with Crippen molar-refractivity contribution in [3.63, 3.8) is 0 Å². The van der Waals surface area contributed by atoms with Gasteiger partial charge in [0.05, 0.1) is 6.33 Å². The van der Waals surface area contributed by atoms with Gasteiger partial charge in [-0.25, -0.2) is 4.98 Å². The van der Waals surface area contributed by atoms with Crippen LogP contribution in [0.1, 0.15) is 97.4 Å². The molecule has 0 radical (unpaired) electrons. The van der Waals surface area contributed by atoms with Gasteiger partial charge in [-0.3, -0.25) is 4.79 Å². The van der Waals surface area contributed by atoms with Crippen LogP contribution in [-0.2, 0) is 4.79 Å². The average molecular weight is 570 g/mol. The Morgan fingerprint density at radius 3 is 2.21 bits per heavy atom. The van der Waals surface area contributed by atoms with Gasteiger partial charge in [0.15, 0.2) is 17.0 Å². The standard InChI is InChI=1S/C27H44N8O.2ClH/c1-27(2,3)16-22(36)34-14-12-20(13-15-34)30-24-23-25(35(17-29-23)21-6-4-5-7-21)33-26(32-24)31-19-10-8-18(28)9-11-19;;/h17-21H,4-16,28H2,1-3H3,(H2,30,31,32,33);2*1H. The third-order valence-electron chi connectivity index (χ3n) is 8.11. The van der Waals surface area contributed by atoms with Crippen molar-refractivity contribution in [2.45, 2.75) is 116 Å². The maximum atomic E-state index is 12.7. The zero-order valence-electron chi connectivity index (χ0n) is 23.1. The number of nitrogens with zero attached hydrogens (tertiary/aromatic N) is 5. The largest absolute Gasteiger partial charge is 0.365 e. The molecule has 3 heterocycles. The van der Waals surface area contributed by atoms with Gasteiger partial charge in [0.1, 0.15) is 0 Å². The zero-order chi connectivity index (χ0) is 25.3. The quantitative estimate of drug-likeness (QED) is 0.432. The van der Waals surface area contributed by atoms with Gasteiger partial charge in [-0.05, 0) is 56.8 Å². The van der Waals surface area contributed by atoms with Crippen molar-refractivity contribution in [1.29, 1.82) is 0 Å². The molecule has 3 aliphatic rings. The van der Waals surface area contributed by atoms with Crippen molar-refractivity contribution in [2.75, 3.05) is 23.7 Å². The fourth-order valence-corrected chi connectivity index (χ4v) is 6.01. The van der Waals surface area contributed by atoms with Gasteiger partial charge < -0.3 is 25.8 Å². The van der Waals surface area contributed by atoms with Crippen molar-refractivity contribution in [3.8, 4) is 0 Å². The van der Waals surface area contributed by atoms with Crippen LogP contribution in [0.2, 0.25) is 0 Å². The van der Waals surface area contributed by atoms with Crippen molar-refractivity contribution >= 4 is 53.7 Å². The van der Waals surface area contributed by atoms with Crippen LogP contribution in [0.5, 0.6) is 0 Å². The number of carbonyl (C=O) groups excluding carboxylic acids is 1. The molecule has 0 bridgehead atoms. The lowest BCUT2D eigenvalue weighted by Crippen LogP contribution is -2.43. The molecular weight excluding hydrogens is 523 g/mol.